The molecule has 29 heavy (non-hydrogen) atoms. The van der Waals surface area contributed by atoms with Gasteiger partial charge in [-0.3, -0.25) is 4.79 Å². The summed E-state index contributed by atoms with van der Waals surface area (Å²) in [6.45, 7) is 1.57. The molecule has 1 aromatic carbocycles. The van der Waals surface area contributed by atoms with Crippen LogP contribution in [0.5, 0.6) is 0 Å². The minimum atomic E-state index is -2.96. The van der Waals surface area contributed by atoms with Gasteiger partial charge in [0.05, 0.1) is 12.1 Å². The third kappa shape index (κ3) is 4.19. The lowest BCUT2D eigenvalue weighted by Crippen LogP contribution is -2.62. The van der Waals surface area contributed by atoms with Crippen molar-refractivity contribution < 1.29 is 23.1 Å². The molecule has 0 aromatic heterocycles. The maximum atomic E-state index is 14.9. The number of likely N-dealkylation sites (tertiary alicyclic amines) is 2. The number of nitrogens with one attached hydrogen (secondary N) is 1. The predicted molar refractivity (Wildman–Crippen MR) is 103 cm³/mol. The van der Waals surface area contributed by atoms with Gasteiger partial charge in [-0.15, -0.1) is 0 Å². The fraction of sp³-hybridized carbons (Fsp3) is 0.600. The molecule has 3 saturated heterocycles. The highest BCUT2D eigenvalue weighted by Gasteiger charge is 2.44. The Hall–Kier alpha value is -1.93. The Morgan fingerprint density at radius 1 is 1.10 bits per heavy atom. The van der Waals surface area contributed by atoms with Crippen LogP contribution < -0.4 is 5.32 Å². The van der Waals surface area contributed by atoms with Crippen molar-refractivity contribution in [2.24, 2.45) is 5.92 Å². The number of alkyl halides is 2. The number of urea groups is 1. The molecule has 3 heterocycles. The summed E-state index contributed by atoms with van der Waals surface area (Å²) < 4.78 is 35.2. The molecule has 0 aliphatic carbocycles. The number of hydrogen-bond donors (Lipinski definition) is 1. The number of piperidine rings is 2. The highest BCUT2D eigenvalue weighted by molar-refractivity contribution is 6.30. The fourth-order valence-corrected chi connectivity index (χ4v) is 4.54. The number of halogens is 3. The monoisotopic (exact) mass is 427 g/mol. The van der Waals surface area contributed by atoms with Crippen molar-refractivity contribution in [1.29, 1.82) is 0 Å². The van der Waals surface area contributed by atoms with Gasteiger partial charge >= 0.3 is 6.03 Å². The van der Waals surface area contributed by atoms with Gasteiger partial charge < -0.3 is 19.9 Å². The zero-order valence-corrected chi connectivity index (χ0v) is 16.7. The van der Waals surface area contributed by atoms with Crippen LogP contribution in [0.25, 0.3) is 0 Å². The third-order valence-corrected chi connectivity index (χ3v) is 6.35. The minimum absolute atomic E-state index is 0.0400. The number of benzene rings is 1. The Morgan fingerprint density at radius 3 is 2.45 bits per heavy atom. The van der Waals surface area contributed by atoms with Crippen molar-refractivity contribution in [3.63, 3.8) is 0 Å². The number of carbonyl (C=O) groups excluding carboxylic acids is 2. The molecule has 1 N–H and O–H groups in total. The highest BCUT2D eigenvalue weighted by Crippen LogP contribution is 2.41. The van der Waals surface area contributed by atoms with Crippen LogP contribution >= 0.6 is 11.6 Å². The lowest BCUT2D eigenvalue weighted by atomic mass is 9.86. The Morgan fingerprint density at radius 2 is 1.76 bits per heavy atom. The quantitative estimate of drug-likeness (QED) is 0.789. The molecular formula is C20H24ClF2N3O3. The molecule has 0 spiro atoms. The van der Waals surface area contributed by atoms with Crippen LogP contribution in [-0.2, 0) is 15.5 Å². The largest absolute Gasteiger partial charge is 0.366 e. The van der Waals surface area contributed by atoms with Crippen molar-refractivity contribution >= 4 is 23.5 Å². The van der Waals surface area contributed by atoms with Crippen molar-refractivity contribution in [1.82, 2.24) is 15.1 Å². The first kappa shape index (κ1) is 20.3. The van der Waals surface area contributed by atoms with Crippen LogP contribution in [0.4, 0.5) is 13.6 Å². The van der Waals surface area contributed by atoms with E-state index in [2.05, 4.69) is 5.32 Å². The summed E-state index contributed by atoms with van der Waals surface area (Å²) in [4.78, 5) is 27.7. The molecule has 3 aliphatic heterocycles. The second-order valence-electron chi connectivity index (χ2n) is 7.93. The van der Waals surface area contributed by atoms with E-state index >= 15 is 0 Å². The van der Waals surface area contributed by atoms with Gasteiger partial charge in [-0.25, -0.2) is 13.6 Å². The van der Waals surface area contributed by atoms with Gasteiger partial charge in [0.15, 0.2) is 0 Å². The second-order valence-corrected chi connectivity index (χ2v) is 8.37. The molecule has 6 nitrogen and oxygen atoms in total. The van der Waals surface area contributed by atoms with Crippen LogP contribution in [0.1, 0.15) is 24.8 Å². The zero-order valence-electron chi connectivity index (χ0n) is 16.0. The summed E-state index contributed by atoms with van der Waals surface area (Å²) >= 11 is 5.80. The van der Waals surface area contributed by atoms with Gasteiger partial charge in [0, 0.05) is 42.7 Å². The lowest BCUT2D eigenvalue weighted by molar-refractivity contribution is -0.139. The van der Waals surface area contributed by atoms with Crippen molar-refractivity contribution in [3.05, 3.63) is 34.9 Å². The fourth-order valence-electron chi connectivity index (χ4n) is 4.41. The zero-order chi connectivity index (χ0) is 20.6. The minimum Gasteiger partial charge on any atom is -0.366 e. The van der Waals surface area contributed by atoms with Crippen LogP contribution in [0.2, 0.25) is 5.02 Å². The Balaban J connectivity index is 1.34. The molecule has 158 valence electrons. The molecule has 3 amide bonds. The van der Waals surface area contributed by atoms with E-state index in [4.69, 9.17) is 16.3 Å². The average Bonchev–Trinajstić information content (AvgIpc) is 2.73. The SMILES string of the molecule is O=C1COC2CCN(C(=O)N3CCC(C(F)(F)c4ccc(Cl)cc4)CC3)CC2N1. The Labute approximate surface area is 173 Å². The van der Waals surface area contributed by atoms with E-state index in [1.54, 1.807) is 9.80 Å². The lowest BCUT2D eigenvalue weighted by Gasteiger charge is -2.44. The Bertz CT molecular complexity index is 769. The highest BCUT2D eigenvalue weighted by atomic mass is 35.5. The van der Waals surface area contributed by atoms with E-state index in [1.807, 2.05) is 0 Å². The molecule has 1 aromatic rings. The summed E-state index contributed by atoms with van der Waals surface area (Å²) in [5.74, 6) is -3.95. The van der Waals surface area contributed by atoms with Crippen LogP contribution in [0, 0.1) is 5.92 Å². The molecule has 4 rings (SSSR count). The first-order chi connectivity index (χ1) is 13.8. The molecule has 2 atom stereocenters. The number of amides is 3. The van der Waals surface area contributed by atoms with Crippen molar-refractivity contribution in [2.45, 2.75) is 37.3 Å². The molecule has 3 fully saturated rings. The first-order valence-electron chi connectivity index (χ1n) is 9.93. The van der Waals surface area contributed by atoms with Crippen LogP contribution in [0.15, 0.2) is 24.3 Å². The Kier molecular flexibility index (Phi) is 5.66. The summed E-state index contributed by atoms with van der Waals surface area (Å²) in [6, 6.07) is 5.31. The van der Waals surface area contributed by atoms with E-state index in [0.717, 1.165) is 0 Å². The number of nitrogens with zero attached hydrogens (tertiary/aromatic N) is 2. The predicted octanol–water partition coefficient (Wildman–Crippen LogP) is 2.85. The second kappa shape index (κ2) is 8.07. The average molecular weight is 428 g/mol. The molecule has 9 heteroatoms. The standard InChI is InChI=1S/C20H24ClF2N3O3/c21-15-3-1-13(2-4-15)20(22,23)14-5-8-25(9-6-14)19(28)26-10-7-17-16(11-26)24-18(27)12-29-17/h1-4,14,16-17H,5-12H2,(H,24,27). The molecule has 3 aliphatic rings. The van der Waals surface area contributed by atoms with Gasteiger partial charge in [0.2, 0.25) is 5.91 Å². The van der Waals surface area contributed by atoms with Crippen LogP contribution in [0.3, 0.4) is 0 Å². The molecule has 2 unspecified atom stereocenters. The van der Waals surface area contributed by atoms with Gasteiger partial charge in [0.25, 0.3) is 5.92 Å². The normalized spacial score (nSPS) is 26.1. The number of ether oxygens (including phenoxy) is 1. The van der Waals surface area contributed by atoms with Gasteiger partial charge in [-0.2, -0.15) is 0 Å². The number of morpholine rings is 1. The van der Waals surface area contributed by atoms with Gasteiger partial charge in [-0.05, 0) is 31.4 Å². The van der Waals surface area contributed by atoms with E-state index in [1.165, 1.54) is 24.3 Å². The van der Waals surface area contributed by atoms with E-state index < -0.39 is 11.8 Å². The maximum absolute atomic E-state index is 14.9. The van der Waals surface area contributed by atoms with E-state index in [9.17, 15) is 18.4 Å². The molecule has 0 saturated carbocycles. The maximum Gasteiger partial charge on any atom is 0.320 e. The number of carbonyl (C=O) groups is 2. The summed E-state index contributed by atoms with van der Waals surface area (Å²) in [6.07, 6.45) is 1.06. The number of rotatable bonds is 2. The molecular weight excluding hydrogens is 404 g/mol. The first-order valence-corrected chi connectivity index (χ1v) is 10.3. The van der Waals surface area contributed by atoms with E-state index in [0.29, 0.717) is 37.6 Å². The van der Waals surface area contributed by atoms with Gasteiger partial charge in [0.1, 0.15) is 6.61 Å². The van der Waals surface area contributed by atoms with E-state index in [-0.39, 0.29) is 49.1 Å². The van der Waals surface area contributed by atoms with Crippen molar-refractivity contribution in [3.8, 4) is 0 Å². The van der Waals surface area contributed by atoms with Gasteiger partial charge in [-0.1, -0.05) is 23.7 Å². The summed E-state index contributed by atoms with van der Waals surface area (Å²) in [7, 11) is 0. The topological polar surface area (TPSA) is 61.9 Å². The molecule has 0 bridgehead atoms. The summed E-state index contributed by atoms with van der Waals surface area (Å²) in [5.41, 5.74) is -0.0400. The molecule has 0 radical (unpaired) electrons. The smallest absolute Gasteiger partial charge is 0.320 e. The van der Waals surface area contributed by atoms with Crippen LogP contribution in [-0.4, -0.2) is 66.7 Å². The van der Waals surface area contributed by atoms with Crippen molar-refractivity contribution in [2.75, 3.05) is 32.8 Å². The number of fused-ring (bicyclic) bond motifs is 1. The third-order valence-electron chi connectivity index (χ3n) is 6.10. The number of hydrogen-bond acceptors (Lipinski definition) is 3. The summed E-state index contributed by atoms with van der Waals surface area (Å²) in [5, 5.41) is 3.29.